The van der Waals surface area contributed by atoms with Crippen molar-refractivity contribution in [2.45, 2.75) is 76.7 Å². The summed E-state index contributed by atoms with van der Waals surface area (Å²) in [5.74, 6) is 1.06. The molecule has 8 nitrogen and oxygen atoms in total. The van der Waals surface area contributed by atoms with Crippen molar-refractivity contribution in [2.24, 2.45) is 0 Å². The zero-order chi connectivity index (χ0) is 30.5. The number of hydrogen-bond donors (Lipinski definition) is 2. The van der Waals surface area contributed by atoms with E-state index in [2.05, 4.69) is 10.0 Å². The topological polar surface area (TPSA) is 103 Å². The first-order valence-corrected chi connectivity index (χ1v) is 15.8. The minimum Gasteiger partial charge on any atom is -0.497 e. The normalized spacial score (nSPS) is 18.9. The Morgan fingerprint density at radius 1 is 0.857 bits per heavy atom. The summed E-state index contributed by atoms with van der Waals surface area (Å²) in [7, 11) is -1.29. The van der Waals surface area contributed by atoms with Gasteiger partial charge in [-0.2, -0.15) is 8.42 Å². The van der Waals surface area contributed by atoms with E-state index in [9.17, 15) is 13.2 Å². The van der Waals surface area contributed by atoms with Crippen LogP contribution in [0.25, 0.3) is 0 Å². The number of carbonyl (C=O) groups is 1. The number of benzene rings is 3. The number of carbonyl (C=O) groups excluding carboxylic acids is 1. The molecule has 3 aromatic rings. The zero-order valence-corrected chi connectivity index (χ0v) is 26.1. The van der Waals surface area contributed by atoms with Crippen molar-refractivity contribution in [3.8, 4) is 17.2 Å². The summed E-state index contributed by atoms with van der Waals surface area (Å²) in [6, 6.07) is 20.7. The molecule has 0 unspecified atom stereocenters. The van der Waals surface area contributed by atoms with Crippen LogP contribution in [0, 0.1) is 0 Å². The molecule has 1 aliphatic rings. The molecule has 0 aromatic heterocycles. The first kappa shape index (κ1) is 31.2. The molecule has 226 valence electrons. The molecule has 0 atom stereocenters. The summed E-state index contributed by atoms with van der Waals surface area (Å²) in [4.78, 5) is 14.1. The van der Waals surface area contributed by atoms with Gasteiger partial charge in [0.05, 0.1) is 25.3 Å². The van der Waals surface area contributed by atoms with Crippen molar-refractivity contribution < 1.29 is 26.9 Å². The van der Waals surface area contributed by atoms with Crippen LogP contribution in [-0.4, -0.2) is 34.6 Å². The molecular weight excluding hydrogens is 552 g/mol. The van der Waals surface area contributed by atoms with Crippen molar-refractivity contribution in [3.05, 3.63) is 83.4 Å². The third-order valence-electron chi connectivity index (χ3n) is 8.09. The third-order valence-corrected chi connectivity index (χ3v) is 8.91. The van der Waals surface area contributed by atoms with Gasteiger partial charge in [-0.3, -0.25) is 4.79 Å². The van der Waals surface area contributed by atoms with Crippen molar-refractivity contribution >= 4 is 21.9 Å². The molecule has 42 heavy (non-hydrogen) atoms. The molecule has 0 aliphatic heterocycles. The lowest BCUT2D eigenvalue weighted by Gasteiger charge is -2.39. The summed E-state index contributed by atoms with van der Waals surface area (Å²) in [5.41, 5.74) is 2.02. The average molecular weight is 595 g/mol. The lowest BCUT2D eigenvalue weighted by molar-refractivity contribution is -0.126. The van der Waals surface area contributed by atoms with Crippen LogP contribution in [0.5, 0.6) is 17.2 Å². The van der Waals surface area contributed by atoms with Gasteiger partial charge in [-0.25, -0.2) is 4.72 Å². The highest BCUT2D eigenvalue weighted by atomic mass is 32.2. The SMILES string of the molecule is COc1cccc(C2(C(=O)NS(=O)(=O)Oc3c(C(C)C)cccc3C(C)C)CCC(Nc3ccccc3OC)CC2)c1. The van der Waals surface area contributed by atoms with Gasteiger partial charge in [0.25, 0.3) is 0 Å². The van der Waals surface area contributed by atoms with Crippen LogP contribution >= 0.6 is 0 Å². The van der Waals surface area contributed by atoms with E-state index in [1.165, 1.54) is 0 Å². The number of anilines is 1. The minimum atomic E-state index is -4.49. The van der Waals surface area contributed by atoms with E-state index in [0.29, 0.717) is 37.0 Å². The molecule has 0 heterocycles. The predicted octanol–water partition coefficient (Wildman–Crippen LogP) is 6.68. The molecule has 1 aliphatic carbocycles. The largest absolute Gasteiger partial charge is 0.497 e. The quantitative estimate of drug-likeness (QED) is 0.255. The highest BCUT2D eigenvalue weighted by molar-refractivity contribution is 7.85. The van der Waals surface area contributed by atoms with Crippen LogP contribution in [0.3, 0.4) is 0 Å². The Bertz CT molecular complexity index is 1470. The van der Waals surface area contributed by atoms with E-state index in [0.717, 1.165) is 22.6 Å². The molecular formula is C33H42N2O6S. The molecule has 3 aromatic carbocycles. The molecule has 2 N–H and O–H groups in total. The lowest BCUT2D eigenvalue weighted by atomic mass is 9.67. The number of amides is 1. The van der Waals surface area contributed by atoms with Crippen LogP contribution < -0.4 is 23.7 Å². The Kier molecular flexibility index (Phi) is 9.71. The highest BCUT2D eigenvalue weighted by Gasteiger charge is 2.45. The summed E-state index contributed by atoms with van der Waals surface area (Å²) in [6.45, 7) is 7.92. The maximum Gasteiger partial charge on any atom is 0.409 e. The Morgan fingerprint density at radius 3 is 2.07 bits per heavy atom. The monoisotopic (exact) mass is 594 g/mol. The van der Waals surface area contributed by atoms with Crippen LogP contribution in [-0.2, 0) is 20.5 Å². The van der Waals surface area contributed by atoms with Crippen LogP contribution in [0.4, 0.5) is 5.69 Å². The average Bonchev–Trinajstić information content (AvgIpc) is 2.97. The van der Waals surface area contributed by atoms with Gasteiger partial charge in [0.1, 0.15) is 11.5 Å². The number of ether oxygens (including phenoxy) is 2. The maximum absolute atomic E-state index is 14.1. The first-order valence-electron chi connectivity index (χ1n) is 14.4. The molecule has 0 bridgehead atoms. The van der Waals surface area contributed by atoms with Gasteiger partial charge in [0.15, 0.2) is 5.75 Å². The van der Waals surface area contributed by atoms with Crippen LogP contribution in [0.1, 0.15) is 81.9 Å². The fourth-order valence-electron chi connectivity index (χ4n) is 5.73. The third kappa shape index (κ3) is 6.84. The van der Waals surface area contributed by atoms with E-state index in [4.69, 9.17) is 13.7 Å². The Balaban J connectivity index is 1.62. The molecule has 0 radical (unpaired) electrons. The minimum absolute atomic E-state index is 0.0266. The van der Waals surface area contributed by atoms with E-state index >= 15 is 0 Å². The van der Waals surface area contributed by atoms with Crippen molar-refractivity contribution in [2.75, 3.05) is 19.5 Å². The van der Waals surface area contributed by atoms with Gasteiger partial charge in [-0.1, -0.05) is 70.2 Å². The zero-order valence-electron chi connectivity index (χ0n) is 25.3. The van der Waals surface area contributed by atoms with Gasteiger partial charge in [-0.15, -0.1) is 0 Å². The fraction of sp³-hybridized carbons (Fsp3) is 0.424. The van der Waals surface area contributed by atoms with E-state index in [-0.39, 0.29) is 23.6 Å². The number of nitrogens with one attached hydrogen (secondary N) is 2. The summed E-state index contributed by atoms with van der Waals surface area (Å²) >= 11 is 0. The van der Waals surface area contributed by atoms with Gasteiger partial charge in [0.2, 0.25) is 5.91 Å². The van der Waals surface area contributed by atoms with E-state index < -0.39 is 21.6 Å². The fourth-order valence-corrected chi connectivity index (χ4v) is 6.60. The van der Waals surface area contributed by atoms with Crippen LogP contribution in [0.15, 0.2) is 66.7 Å². The Labute approximate surface area is 250 Å². The second-order valence-electron chi connectivity index (χ2n) is 11.5. The summed E-state index contributed by atoms with van der Waals surface area (Å²) < 4.78 is 45.9. The van der Waals surface area contributed by atoms with Gasteiger partial charge in [-0.05, 0) is 78.5 Å². The van der Waals surface area contributed by atoms with Crippen LogP contribution in [0.2, 0.25) is 0 Å². The standard InChI is InChI=1S/C33H42N2O6S/c1-22(2)27-13-10-14-28(23(3)4)31(27)41-42(37,38)35-32(36)33(24-11-9-12-26(21-24)39-5)19-17-25(18-20-33)34-29-15-7-8-16-30(29)40-6/h7-16,21-23,25,34H,17-20H2,1-6H3,(H,35,36). The second kappa shape index (κ2) is 13.1. The molecule has 9 heteroatoms. The molecule has 1 amide bonds. The van der Waals surface area contributed by atoms with Crippen molar-refractivity contribution in [1.82, 2.24) is 4.72 Å². The lowest BCUT2D eigenvalue weighted by Crippen LogP contribution is -2.50. The summed E-state index contributed by atoms with van der Waals surface area (Å²) in [6.07, 6.45) is 2.12. The first-order chi connectivity index (χ1) is 20.0. The highest BCUT2D eigenvalue weighted by Crippen LogP contribution is 2.43. The van der Waals surface area contributed by atoms with Gasteiger partial charge < -0.3 is 19.0 Å². The predicted molar refractivity (Wildman–Crippen MR) is 166 cm³/mol. The molecule has 4 rings (SSSR count). The van der Waals surface area contributed by atoms with E-state index in [1.54, 1.807) is 20.3 Å². The smallest absolute Gasteiger partial charge is 0.409 e. The summed E-state index contributed by atoms with van der Waals surface area (Å²) in [5, 5.41) is 3.54. The number of methoxy groups -OCH3 is 2. The Morgan fingerprint density at radius 2 is 1.48 bits per heavy atom. The number of hydrogen-bond acceptors (Lipinski definition) is 7. The number of para-hydroxylation sites is 3. The van der Waals surface area contributed by atoms with Gasteiger partial charge >= 0.3 is 10.3 Å². The maximum atomic E-state index is 14.1. The van der Waals surface area contributed by atoms with Gasteiger partial charge in [0, 0.05) is 6.04 Å². The molecule has 0 spiro atoms. The molecule has 0 saturated heterocycles. The molecule has 1 saturated carbocycles. The second-order valence-corrected chi connectivity index (χ2v) is 12.8. The molecule has 1 fully saturated rings. The number of rotatable bonds is 11. The van der Waals surface area contributed by atoms with Crippen molar-refractivity contribution in [1.29, 1.82) is 0 Å². The Hall–Kier alpha value is -3.72. The van der Waals surface area contributed by atoms with Crippen molar-refractivity contribution in [3.63, 3.8) is 0 Å². The van der Waals surface area contributed by atoms with E-state index in [1.807, 2.05) is 88.4 Å².